The highest BCUT2D eigenvalue weighted by Gasteiger charge is 2.22. The van der Waals surface area contributed by atoms with E-state index < -0.39 is 0 Å². The molecule has 0 aliphatic rings. The first-order valence-electron chi connectivity index (χ1n) is 4.95. The second-order valence-electron chi connectivity index (χ2n) is 4.74. The van der Waals surface area contributed by atoms with E-state index in [0.29, 0.717) is 0 Å². The SMILES string of the molecule is COc1ccc(C(N)C(C)(C)C)cc1Br. The molecule has 15 heavy (non-hydrogen) atoms. The van der Waals surface area contributed by atoms with Crippen molar-refractivity contribution in [2.45, 2.75) is 26.8 Å². The highest BCUT2D eigenvalue weighted by atomic mass is 79.9. The second-order valence-corrected chi connectivity index (χ2v) is 5.59. The quantitative estimate of drug-likeness (QED) is 0.894. The summed E-state index contributed by atoms with van der Waals surface area (Å²) in [7, 11) is 1.66. The van der Waals surface area contributed by atoms with Crippen LogP contribution in [0.4, 0.5) is 0 Å². The Morgan fingerprint density at radius 3 is 2.33 bits per heavy atom. The summed E-state index contributed by atoms with van der Waals surface area (Å²) in [5, 5.41) is 0. The minimum Gasteiger partial charge on any atom is -0.496 e. The van der Waals surface area contributed by atoms with Gasteiger partial charge in [0.2, 0.25) is 0 Å². The van der Waals surface area contributed by atoms with Crippen molar-refractivity contribution in [1.82, 2.24) is 0 Å². The maximum Gasteiger partial charge on any atom is 0.133 e. The van der Waals surface area contributed by atoms with Crippen LogP contribution < -0.4 is 10.5 Å². The maximum absolute atomic E-state index is 6.17. The van der Waals surface area contributed by atoms with Gasteiger partial charge in [-0.25, -0.2) is 0 Å². The van der Waals surface area contributed by atoms with E-state index in [1.165, 1.54) is 0 Å². The summed E-state index contributed by atoms with van der Waals surface area (Å²) in [6.07, 6.45) is 0. The predicted molar refractivity (Wildman–Crippen MR) is 67.1 cm³/mol. The number of methoxy groups -OCH3 is 1. The molecule has 0 radical (unpaired) electrons. The first-order valence-corrected chi connectivity index (χ1v) is 5.74. The Hall–Kier alpha value is -0.540. The number of ether oxygens (including phenoxy) is 1. The van der Waals surface area contributed by atoms with E-state index >= 15 is 0 Å². The zero-order valence-electron chi connectivity index (χ0n) is 9.67. The molecule has 0 fully saturated rings. The molecule has 0 aliphatic heterocycles. The third kappa shape index (κ3) is 2.95. The monoisotopic (exact) mass is 271 g/mol. The van der Waals surface area contributed by atoms with Crippen LogP contribution in [-0.2, 0) is 0 Å². The van der Waals surface area contributed by atoms with Gasteiger partial charge < -0.3 is 10.5 Å². The van der Waals surface area contributed by atoms with Gasteiger partial charge in [-0.05, 0) is 39.0 Å². The molecular weight excluding hydrogens is 254 g/mol. The minimum absolute atomic E-state index is 0.0275. The standard InChI is InChI=1S/C12H18BrNO/c1-12(2,3)11(14)8-5-6-10(15-4)9(13)7-8/h5-7,11H,14H2,1-4H3. The van der Waals surface area contributed by atoms with Crippen LogP contribution in [0.5, 0.6) is 5.75 Å². The largest absolute Gasteiger partial charge is 0.496 e. The highest BCUT2D eigenvalue weighted by Crippen LogP contribution is 2.34. The molecule has 0 aliphatic carbocycles. The summed E-state index contributed by atoms with van der Waals surface area (Å²) in [4.78, 5) is 0. The summed E-state index contributed by atoms with van der Waals surface area (Å²) in [6.45, 7) is 6.40. The number of rotatable bonds is 2. The lowest BCUT2D eigenvalue weighted by Gasteiger charge is -2.27. The van der Waals surface area contributed by atoms with Gasteiger partial charge in [-0.15, -0.1) is 0 Å². The van der Waals surface area contributed by atoms with Crippen molar-refractivity contribution < 1.29 is 4.74 Å². The summed E-state index contributed by atoms with van der Waals surface area (Å²) < 4.78 is 6.12. The minimum atomic E-state index is 0.0275. The van der Waals surface area contributed by atoms with Gasteiger partial charge in [0.15, 0.2) is 0 Å². The highest BCUT2D eigenvalue weighted by molar-refractivity contribution is 9.10. The number of hydrogen-bond donors (Lipinski definition) is 1. The molecule has 1 rings (SSSR count). The smallest absolute Gasteiger partial charge is 0.133 e. The number of nitrogens with two attached hydrogens (primary N) is 1. The molecule has 2 N–H and O–H groups in total. The van der Waals surface area contributed by atoms with Crippen LogP contribution in [0.2, 0.25) is 0 Å². The molecule has 1 unspecified atom stereocenters. The van der Waals surface area contributed by atoms with Crippen LogP contribution in [0.3, 0.4) is 0 Å². The van der Waals surface area contributed by atoms with Crippen molar-refractivity contribution in [2.24, 2.45) is 11.1 Å². The van der Waals surface area contributed by atoms with E-state index in [1.807, 2.05) is 18.2 Å². The van der Waals surface area contributed by atoms with Crippen molar-refractivity contribution in [1.29, 1.82) is 0 Å². The van der Waals surface area contributed by atoms with Crippen molar-refractivity contribution >= 4 is 15.9 Å². The lowest BCUT2D eigenvalue weighted by atomic mass is 9.83. The topological polar surface area (TPSA) is 35.2 Å². The average Bonchev–Trinajstić information content (AvgIpc) is 2.15. The van der Waals surface area contributed by atoms with E-state index in [9.17, 15) is 0 Å². The van der Waals surface area contributed by atoms with E-state index in [1.54, 1.807) is 7.11 Å². The van der Waals surface area contributed by atoms with Crippen molar-refractivity contribution in [2.75, 3.05) is 7.11 Å². The predicted octanol–water partition coefficient (Wildman–Crippen LogP) is 3.50. The molecule has 1 atom stereocenters. The fourth-order valence-corrected chi connectivity index (χ4v) is 1.93. The van der Waals surface area contributed by atoms with Crippen LogP contribution in [0.15, 0.2) is 22.7 Å². The van der Waals surface area contributed by atoms with Crippen LogP contribution in [0.25, 0.3) is 0 Å². The van der Waals surface area contributed by atoms with Crippen molar-refractivity contribution in [3.05, 3.63) is 28.2 Å². The molecule has 0 saturated carbocycles. The Labute approximate surface area is 99.9 Å². The summed E-state index contributed by atoms with van der Waals surface area (Å²) >= 11 is 3.46. The van der Waals surface area contributed by atoms with Gasteiger partial charge in [-0.2, -0.15) is 0 Å². The fraction of sp³-hybridized carbons (Fsp3) is 0.500. The van der Waals surface area contributed by atoms with E-state index in [4.69, 9.17) is 10.5 Å². The number of benzene rings is 1. The van der Waals surface area contributed by atoms with E-state index in [2.05, 4.69) is 36.7 Å². The maximum atomic E-state index is 6.17. The fourth-order valence-electron chi connectivity index (χ4n) is 1.38. The average molecular weight is 272 g/mol. The Bertz CT molecular complexity index is 344. The van der Waals surface area contributed by atoms with Crippen molar-refractivity contribution in [3.8, 4) is 5.75 Å². The molecule has 0 spiro atoms. The van der Waals surface area contributed by atoms with Crippen LogP contribution in [0.1, 0.15) is 32.4 Å². The third-order valence-corrected chi connectivity index (χ3v) is 3.09. The Morgan fingerprint density at radius 1 is 1.33 bits per heavy atom. The van der Waals surface area contributed by atoms with Crippen LogP contribution in [-0.4, -0.2) is 7.11 Å². The molecule has 2 nitrogen and oxygen atoms in total. The van der Waals surface area contributed by atoms with Gasteiger partial charge in [0.25, 0.3) is 0 Å². The summed E-state index contributed by atoms with van der Waals surface area (Å²) in [6, 6.07) is 6.00. The Balaban J connectivity index is 3.02. The van der Waals surface area contributed by atoms with Crippen LogP contribution in [0, 0.1) is 5.41 Å². The zero-order chi connectivity index (χ0) is 11.6. The van der Waals surface area contributed by atoms with Gasteiger partial charge in [0, 0.05) is 6.04 Å². The zero-order valence-corrected chi connectivity index (χ0v) is 11.3. The van der Waals surface area contributed by atoms with E-state index in [0.717, 1.165) is 15.8 Å². The van der Waals surface area contributed by atoms with E-state index in [-0.39, 0.29) is 11.5 Å². The van der Waals surface area contributed by atoms with Gasteiger partial charge in [-0.3, -0.25) is 0 Å². The Kier molecular flexibility index (Phi) is 3.79. The second kappa shape index (κ2) is 4.54. The molecule has 0 saturated heterocycles. The molecule has 0 bridgehead atoms. The molecule has 1 aromatic carbocycles. The lowest BCUT2D eigenvalue weighted by Crippen LogP contribution is -2.26. The molecule has 3 heteroatoms. The van der Waals surface area contributed by atoms with Gasteiger partial charge in [0.1, 0.15) is 5.75 Å². The first-order chi connectivity index (χ1) is 6.86. The Morgan fingerprint density at radius 2 is 1.93 bits per heavy atom. The first kappa shape index (κ1) is 12.5. The molecule has 0 aromatic heterocycles. The normalized spacial score (nSPS) is 13.7. The number of hydrogen-bond acceptors (Lipinski definition) is 2. The molecule has 0 heterocycles. The summed E-state index contributed by atoms with van der Waals surface area (Å²) in [5.74, 6) is 0.833. The number of halogens is 1. The molecule has 1 aromatic rings. The van der Waals surface area contributed by atoms with Gasteiger partial charge in [-0.1, -0.05) is 26.8 Å². The van der Waals surface area contributed by atoms with Crippen molar-refractivity contribution in [3.63, 3.8) is 0 Å². The molecule has 84 valence electrons. The lowest BCUT2D eigenvalue weighted by molar-refractivity contribution is 0.326. The molecule has 0 amide bonds. The molecular formula is C12H18BrNO. The van der Waals surface area contributed by atoms with Crippen LogP contribution >= 0.6 is 15.9 Å². The van der Waals surface area contributed by atoms with Gasteiger partial charge in [0.05, 0.1) is 11.6 Å². The third-order valence-electron chi connectivity index (χ3n) is 2.47. The van der Waals surface area contributed by atoms with Gasteiger partial charge >= 0.3 is 0 Å². The summed E-state index contributed by atoms with van der Waals surface area (Å²) in [5.41, 5.74) is 7.35.